The molecule has 0 aliphatic rings. The number of amides is 1. The van der Waals surface area contributed by atoms with Crippen LogP contribution in [0.4, 0.5) is 0 Å². The zero-order valence-electron chi connectivity index (χ0n) is 12.2. The van der Waals surface area contributed by atoms with E-state index in [1.807, 2.05) is 19.1 Å². The fraction of sp³-hybridized carbons (Fsp3) is 0.294. The molecule has 2 aromatic rings. The van der Waals surface area contributed by atoms with E-state index in [0.29, 0.717) is 0 Å². The van der Waals surface area contributed by atoms with E-state index in [1.54, 1.807) is 22.9 Å². The van der Waals surface area contributed by atoms with Crippen molar-refractivity contribution in [3.8, 4) is 0 Å². The lowest BCUT2D eigenvalue weighted by Crippen LogP contribution is -2.22. The van der Waals surface area contributed by atoms with E-state index in [2.05, 4.69) is 34.6 Å². The molecule has 1 aromatic heterocycles. The molecular formula is C17H20N2OS. The van der Waals surface area contributed by atoms with Crippen LogP contribution in [0.3, 0.4) is 0 Å². The van der Waals surface area contributed by atoms with Gasteiger partial charge in [0.15, 0.2) is 0 Å². The van der Waals surface area contributed by atoms with Gasteiger partial charge in [0.1, 0.15) is 0 Å². The van der Waals surface area contributed by atoms with Gasteiger partial charge in [0.05, 0.1) is 11.2 Å². The molecule has 0 fully saturated rings. The number of carbonyl (C=O) groups excluding carboxylic acids is 1. The van der Waals surface area contributed by atoms with Crippen molar-refractivity contribution < 1.29 is 4.79 Å². The molecule has 1 N–H and O–H groups in total. The van der Waals surface area contributed by atoms with Crippen molar-refractivity contribution in [2.75, 3.05) is 6.54 Å². The number of rotatable bonds is 7. The number of nitrogens with zero attached hydrogens (tertiary/aromatic N) is 1. The third-order valence-electron chi connectivity index (χ3n) is 3.20. The minimum absolute atomic E-state index is 0.0393. The maximum Gasteiger partial charge on any atom is 0.244 e. The average molecular weight is 300 g/mol. The zero-order valence-corrected chi connectivity index (χ0v) is 13.0. The molecule has 0 spiro atoms. The van der Waals surface area contributed by atoms with Gasteiger partial charge in [-0.1, -0.05) is 30.3 Å². The van der Waals surface area contributed by atoms with Gasteiger partial charge in [-0.3, -0.25) is 4.79 Å². The Bertz CT molecular complexity index is 590. The van der Waals surface area contributed by atoms with Crippen molar-refractivity contribution in [2.45, 2.75) is 26.2 Å². The first-order chi connectivity index (χ1) is 10.3. The van der Waals surface area contributed by atoms with Crippen molar-refractivity contribution in [3.05, 3.63) is 58.1 Å². The zero-order chi connectivity index (χ0) is 14.9. The van der Waals surface area contributed by atoms with E-state index in [-0.39, 0.29) is 5.91 Å². The monoisotopic (exact) mass is 300 g/mol. The Morgan fingerprint density at radius 2 is 2.10 bits per heavy atom. The quantitative estimate of drug-likeness (QED) is 0.627. The van der Waals surface area contributed by atoms with Crippen molar-refractivity contribution >= 4 is 23.3 Å². The second-order valence-electron chi connectivity index (χ2n) is 4.87. The maximum atomic E-state index is 11.7. The second kappa shape index (κ2) is 8.37. The van der Waals surface area contributed by atoms with Gasteiger partial charge in [-0.25, -0.2) is 4.98 Å². The summed E-state index contributed by atoms with van der Waals surface area (Å²) in [6.07, 6.45) is 6.55. The Morgan fingerprint density at radius 1 is 1.29 bits per heavy atom. The van der Waals surface area contributed by atoms with Crippen molar-refractivity contribution in [2.24, 2.45) is 0 Å². The van der Waals surface area contributed by atoms with Crippen LogP contribution < -0.4 is 5.32 Å². The SMILES string of the molecule is Cc1ncsc1/C=C/C(=O)NCCCCc1ccccc1. The fourth-order valence-electron chi connectivity index (χ4n) is 1.99. The lowest BCUT2D eigenvalue weighted by atomic mass is 10.1. The smallest absolute Gasteiger partial charge is 0.244 e. The number of aryl methyl sites for hydroxylation is 2. The molecule has 1 aromatic carbocycles. The lowest BCUT2D eigenvalue weighted by Gasteiger charge is -2.03. The molecule has 0 aliphatic carbocycles. The molecule has 21 heavy (non-hydrogen) atoms. The Labute approximate surface area is 129 Å². The van der Waals surface area contributed by atoms with Gasteiger partial charge in [0.25, 0.3) is 0 Å². The van der Waals surface area contributed by atoms with Gasteiger partial charge < -0.3 is 5.32 Å². The van der Waals surface area contributed by atoms with Crippen LogP contribution in [0.5, 0.6) is 0 Å². The standard InChI is InChI=1S/C17H20N2OS/c1-14-16(21-13-19-14)10-11-17(20)18-12-6-5-9-15-7-3-2-4-8-15/h2-4,7-8,10-11,13H,5-6,9,12H2,1H3,(H,18,20)/b11-10+. The third-order valence-corrected chi connectivity index (χ3v) is 4.10. The Hall–Kier alpha value is -1.94. The summed E-state index contributed by atoms with van der Waals surface area (Å²) < 4.78 is 0. The van der Waals surface area contributed by atoms with E-state index in [1.165, 1.54) is 5.56 Å². The van der Waals surface area contributed by atoms with Crippen LogP contribution in [0, 0.1) is 6.92 Å². The van der Waals surface area contributed by atoms with Crippen LogP contribution in [0.15, 0.2) is 41.9 Å². The minimum Gasteiger partial charge on any atom is -0.353 e. The number of carbonyl (C=O) groups is 1. The maximum absolute atomic E-state index is 11.7. The van der Waals surface area contributed by atoms with Crippen molar-refractivity contribution in [3.63, 3.8) is 0 Å². The molecule has 0 aliphatic heterocycles. The molecule has 0 atom stereocenters. The number of unbranched alkanes of at least 4 members (excludes halogenated alkanes) is 1. The van der Waals surface area contributed by atoms with E-state index < -0.39 is 0 Å². The number of benzene rings is 1. The number of hydrogen-bond acceptors (Lipinski definition) is 3. The number of hydrogen-bond donors (Lipinski definition) is 1. The fourth-order valence-corrected chi connectivity index (χ4v) is 2.69. The molecule has 0 saturated heterocycles. The summed E-state index contributed by atoms with van der Waals surface area (Å²) in [5, 5.41) is 2.91. The van der Waals surface area contributed by atoms with Gasteiger partial charge in [-0.05, 0) is 37.8 Å². The van der Waals surface area contributed by atoms with Crippen LogP contribution in [0.1, 0.15) is 29.0 Å². The summed E-state index contributed by atoms with van der Waals surface area (Å²) in [4.78, 5) is 16.9. The van der Waals surface area contributed by atoms with E-state index in [0.717, 1.165) is 36.4 Å². The molecule has 0 saturated carbocycles. The first kappa shape index (κ1) is 15.4. The molecule has 4 heteroatoms. The van der Waals surface area contributed by atoms with Crippen LogP contribution in [0.25, 0.3) is 6.08 Å². The predicted molar refractivity (Wildman–Crippen MR) is 88.3 cm³/mol. The lowest BCUT2D eigenvalue weighted by molar-refractivity contribution is -0.116. The van der Waals surface area contributed by atoms with Crippen LogP contribution >= 0.6 is 11.3 Å². The van der Waals surface area contributed by atoms with E-state index >= 15 is 0 Å². The average Bonchev–Trinajstić information content (AvgIpc) is 2.91. The molecule has 0 radical (unpaired) electrons. The summed E-state index contributed by atoms with van der Waals surface area (Å²) in [7, 11) is 0. The van der Waals surface area contributed by atoms with Gasteiger partial charge in [-0.2, -0.15) is 0 Å². The molecular weight excluding hydrogens is 280 g/mol. The van der Waals surface area contributed by atoms with Gasteiger partial charge in [0.2, 0.25) is 5.91 Å². The number of nitrogens with one attached hydrogen (secondary N) is 1. The van der Waals surface area contributed by atoms with E-state index in [9.17, 15) is 4.79 Å². The Balaban J connectivity index is 1.61. The Kier molecular flexibility index (Phi) is 6.16. The minimum atomic E-state index is -0.0393. The first-order valence-electron chi connectivity index (χ1n) is 7.15. The highest BCUT2D eigenvalue weighted by molar-refractivity contribution is 7.10. The Morgan fingerprint density at radius 3 is 2.81 bits per heavy atom. The van der Waals surface area contributed by atoms with Crippen molar-refractivity contribution in [1.29, 1.82) is 0 Å². The normalized spacial score (nSPS) is 10.9. The highest BCUT2D eigenvalue weighted by Gasteiger charge is 1.99. The molecule has 1 heterocycles. The van der Waals surface area contributed by atoms with Gasteiger partial charge in [-0.15, -0.1) is 11.3 Å². The highest BCUT2D eigenvalue weighted by Crippen LogP contribution is 2.13. The molecule has 110 valence electrons. The number of aromatic nitrogens is 1. The number of thiazole rings is 1. The summed E-state index contributed by atoms with van der Waals surface area (Å²) in [5.74, 6) is -0.0393. The van der Waals surface area contributed by atoms with Crippen LogP contribution in [0.2, 0.25) is 0 Å². The summed E-state index contributed by atoms with van der Waals surface area (Å²) in [6.45, 7) is 2.66. The van der Waals surface area contributed by atoms with E-state index in [4.69, 9.17) is 0 Å². The molecule has 1 amide bonds. The van der Waals surface area contributed by atoms with Crippen LogP contribution in [-0.4, -0.2) is 17.4 Å². The van der Waals surface area contributed by atoms with Crippen LogP contribution in [-0.2, 0) is 11.2 Å². The summed E-state index contributed by atoms with van der Waals surface area (Å²) in [6, 6.07) is 10.4. The largest absolute Gasteiger partial charge is 0.353 e. The summed E-state index contributed by atoms with van der Waals surface area (Å²) in [5.41, 5.74) is 4.10. The molecule has 0 unspecified atom stereocenters. The topological polar surface area (TPSA) is 42.0 Å². The van der Waals surface area contributed by atoms with Gasteiger partial charge in [0, 0.05) is 17.5 Å². The third kappa shape index (κ3) is 5.52. The molecule has 3 nitrogen and oxygen atoms in total. The van der Waals surface area contributed by atoms with Crippen molar-refractivity contribution in [1.82, 2.24) is 10.3 Å². The molecule has 2 rings (SSSR count). The second-order valence-corrected chi connectivity index (χ2v) is 5.76. The van der Waals surface area contributed by atoms with Gasteiger partial charge >= 0.3 is 0 Å². The predicted octanol–water partition coefficient (Wildman–Crippen LogP) is 3.60. The highest BCUT2D eigenvalue weighted by atomic mass is 32.1. The molecule has 0 bridgehead atoms. The first-order valence-corrected chi connectivity index (χ1v) is 8.03. The summed E-state index contributed by atoms with van der Waals surface area (Å²) >= 11 is 1.54.